The topological polar surface area (TPSA) is 16.1 Å². The zero-order valence-electron chi connectivity index (χ0n) is 10.3. The molecule has 0 spiro atoms. The molecule has 0 bridgehead atoms. The Labute approximate surface area is 115 Å². The summed E-state index contributed by atoms with van der Waals surface area (Å²) in [7, 11) is 1.95. The maximum absolute atomic E-state index is 13.6. The second-order valence-electron chi connectivity index (χ2n) is 4.23. The third-order valence-electron chi connectivity index (χ3n) is 2.75. The third-order valence-corrected chi connectivity index (χ3v) is 4.02. The lowest BCUT2D eigenvalue weighted by atomic mass is 10.2. The molecule has 18 heavy (non-hydrogen) atoms. The lowest BCUT2D eigenvalue weighted by molar-refractivity contribution is 0.315. The highest BCUT2D eigenvalue weighted by atomic mass is 35.5. The Morgan fingerprint density at radius 1 is 1.39 bits per heavy atom. The van der Waals surface area contributed by atoms with Crippen LogP contribution in [0.5, 0.6) is 0 Å². The van der Waals surface area contributed by atoms with Gasteiger partial charge in [0.2, 0.25) is 0 Å². The summed E-state index contributed by atoms with van der Waals surface area (Å²) in [6.45, 7) is 3.22. The molecule has 0 atom stereocenters. The zero-order valence-corrected chi connectivity index (χ0v) is 11.9. The minimum atomic E-state index is -0.254. The molecule has 0 radical (unpaired) electrons. The Bertz CT molecular complexity index is 521. The lowest BCUT2D eigenvalue weighted by Gasteiger charge is -2.17. The van der Waals surface area contributed by atoms with Crippen LogP contribution in [0.2, 0.25) is 5.02 Å². The van der Waals surface area contributed by atoms with Crippen LogP contribution in [0.1, 0.15) is 16.1 Å². The molecule has 1 heterocycles. The number of nitrogens with zero attached hydrogens (tertiary/aromatic N) is 2. The van der Waals surface area contributed by atoms with Gasteiger partial charge in [0.15, 0.2) is 0 Å². The summed E-state index contributed by atoms with van der Waals surface area (Å²) in [6.07, 6.45) is 0. The summed E-state index contributed by atoms with van der Waals surface area (Å²) in [5, 5.41) is 0.475. The fraction of sp³-hybridized carbons (Fsp3) is 0.308. The molecule has 5 heteroatoms. The van der Waals surface area contributed by atoms with Crippen molar-refractivity contribution in [2.24, 2.45) is 0 Å². The maximum Gasteiger partial charge on any atom is 0.129 e. The Kier molecular flexibility index (Phi) is 4.32. The van der Waals surface area contributed by atoms with Crippen LogP contribution in [0.25, 0.3) is 0 Å². The van der Waals surface area contributed by atoms with E-state index in [9.17, 15) is 4.39 Å². The number of thiazole rings is 1. The molecule has 0 aliphatic heterocycles. The van der Waals surface area contributed by atoms with Gasteiger partial charge in [-0.15, -0.1) is 11.3 Å². The van der Waals surface area contributed by atoms with Crippen LogP contribution in [0.15, 0.2) is 23.7 Å². The summed E-state index contributed by atoms with van der Waals surface area (Å²) in [5.74, 6) is -0.254. The molecular formula is C13H14ClFN2S. The largest absolute Gasteiger partial charge is 0.297 e. The van der Waals surface area contributed by atoms with E-state index in [2.05, 4.69) is 4.98 Å². The predicted molar refractivity (Wildman–Crippen MR) is 73.4 cm³/mol. The minimum absolute atomic E-state index is 0.254. The Morgan fingerprint density at radius 2 is 2.17 bits per heavy atom. The summed E-state index contributed by atoms with van der Waals surface area (Å²) >= 11 is 7.63. The van der Waals surface area contributed by atoms with E-state index in [4.69, 9.17) is 11.6 Å². The van der Waals surface area contributed by atoms with Crippen LogP contribution < -0.4 is 0 Å². The van der Waals surface area contributed by atoms with E-state index < -0.39 is 0 Å². The number of rotatable bonds is 4. The first-order chi connectivity index (χ1) is 8.58. The van der Waals surface area contributed by atoms with Gasteiger partial charge in [-0.1, -0.05) is 17.7 Å². The second kappa shape index (κ2) is 5.78. The molecule has 96 valence electrons. The molecule has 0 saturated carbocycles. The fourth-order valence-electron chi connectivity index (χ4n) is 1.73. The minimum Gasteiger partial charge on any atom is -0.297 e. The van der Waals surface area contributed by atoms with E-state index >= 15 is 0 Å². The predicted octanol–water partition coefficient (Wildman–Crippen LogP) is 3.88. The van der Waals surface area contributed by atoms with Crippen LogP contribution in [-0.2, 0) is 13.1 Å². The van der Waals surface area contributed by atoms with E-state index in [-0.39, 0.29) is 5.82 Å². The Hall–Kier alpha value is -0.970. The van der Waals surface area contributed by atoms with Gasteiger partial charge in [-0.2, -0.15) is 0 Å². The first kappa shape index (κ1) is 13.5. The lowest BCUT2D eigenvalue weighted by Crippen LogP contribution is -2.18. The van der Waals surface area contributed by atoms with Crippen LogP contribution in [0.4, 0.5) is 4.39 Å². The van der Waals surface area contributed by atoms with E-state index in [1.807, 2.05) is 24.4 Å². The fourth-order valence-corrected chi connectivity index (χ4v) is 2.81. The number of hydrogen-bond donors (Lipinski definition) is 0. The average Bonchev–Trinajstić information content (AvgIpc) is 2.70. The molecule has 0 aliphatic rings. The molecular weight excluding hydrogens is 271 g/mol. The van der Waals surface area contributed by atoms with E-state index in [1.54, 1.807) is 23.5 Å². The van der Waals surface area contributed by atoms with Crippen molar-refractivity contribution in [3.63, 3.8) is 0 Å². The van der Waals surface area contributed by atoms with Gasteiger partial charge in [-0.25, -0.2) is 9.37 Å². The van der Waals surface area contributed by atoms with Gasteiger partial charge in [0.05, 0.1) is 11.2 Å². The van der Waals surface area contributed by atoms with Gasteiger partial charge in [0.25, 0.3) is 0 Å². The third kappa shape index (κ3) is 3.07. The van der Waals surface area contributed by atoms with Gasteiger partial charge < -0.3 is 0 Å². The van der Waals surface area contributed by atoms with Crippen molar-refractivity contribution in [2.75, 3.05) is 7.05 Å². The first-order valence-corrected chi connectivity index (χ1v) is 6.84. The molecule has 1 aromatic heterocycles. The number of halogens is 2. The molecule has 0 N–H and O–H groups in total. The van der Waals surface area contributed by atoms with Crippen LogP contribution in [-0.4, -0.2) is 16.9 Å². The number of benzene rings is 1. The van der Waals surface area contributed by atoms with Crippen LogP contribution in [0.3, 0.4) is 0 Å². The molecule has 2 aromatic rings. The Morgan fingerprint density at radius 3 is 2.78 bits per heavy atom. The summed E-state index contributed by atoms with van der Waals surface area (Å²) in [6, 6.07) is 4.77. The van der Waals surface area contributed by atoms with Crippen molar-refractivity contribution >= 4 is 22.9 Å². The van der Waals surface area contributed by atoms with Crippen molar-refractivity contribution in [3.05, 3.63) is 50.7 Å². The van der Waals surface area contributed by atoms with E-state index in [0.29, 0.717) is 17.1 Å². The molecule has 1 aromatic carbocycles. The van der Waals surface area contributed by atoms with Crippen molar-refractivity contribution in [2.45, 2.75) is 20.0 Å². The highest BCUT2D eigenvalue weighted by molar-refractivity contribution is 7.09. The van der Waals surface area contributed by atoms with Crippen molar-refractivity contribution in [1.29, 1.82) is 0 Å². The van der Waals surface area contributed by atoms with Gasteiger partial charge in [0.1, 0.15) is 5.82 Å². The van der Waals surface area contributed by atoms with Crippen molar-refractivity contribution in [3.8, 4) is 0 Å². The molecule has 0 fully saturated rings. The SMILES string of the molecule is Cc1ncsc1CN(C)Cc1c(F)cccc1Cl. The summed E-state index contributed by atoms with van der Waals surface area (Å²) in [4.78, 5) is 7.44. The summed E-state index contributed by atoms with van der Waals surface area (Å²) < 4.78 is 13.6. The van der Waals surface area contributed by atoms with E-state index in [0.717, 1.165) is 12.2 Å². The molecule has 0 aliphatic carbocycles. The van der Waals surface area contributed by atoms with Crippen LogP contribution in [0, 0.1) is 12.7 Å². The van der Waals surface area contributed by atoms with Crippen molar-refractivity contribution in [1.82, 2.24) is 9.88 Å². The summed E-state index contributed by atoms with van der Waals surface area (Å²) in [5.41, 5.74) is 3.41. The van der Waals surface area contributed by atoms with Crippen LogP contribution >= 0.6 is 22.9 Å². The smallest absolute Gasteiger partial charge is 0.129 e. The molecule has 0 saturated heterocycles. The normalized spacial score (nSPS) is 11.2. The van der Waals surface area contributed by atoms with Gasteiger partial charge >= 0.3 is 0 Å². The number of aryl methyl sites for hydroxylation is 1. The maximum atomic E-state index is 13.6. The second-order valence-corrected chi connectivity index (χ2v) is 5.58. The molecule has 2 rings (SSSR count). The van der Waals surface area contributed by atoms with Gasteiger partial charge in [-0.3, -0.25) is 4.90 Å². The number of hydrogen-bond acceptors (Lipinski definition) is 3. The Balaban J connectivity index is 2.08. The average molecular weight is 285 g/mol. The highest BCUT2D eigenvalue weighted by Crippen LogP contribution is 2.22. The quantitative estimate of drug-likeness (QED) is 0.847. The molecule has 0 unspecified atom stereocenters. The van der Waals surface area contributed by atoms with Gasteiger partial charge in [0, 0.05) is 28.6 Å². The molecule has 0 amide bonds. The molecule has 2 nitrogen and oxygen atoms in total. The first-order valence-electron chi connectivity index (χ1n) is 5.58. The monoisotopic (exact) mass is 284 g/mol. The standard InChI is InChI=1S/C13H14ClFN2S/c1-9-13(18-8-16-9)7-17(2)6-10-11(14)4-3-5-12(10)15/h3-5,8H,6-7H2,1-2H3. The van der Waals surface area contributed by atoms with Gasteiger partial charge in [-0.05, 0) is 26.1 Å². The zero-order chi connectivity index (χ0) is 13.1. The number of aromatic nitrogens is 1. The highest BCUT2D eigenvalue weighted by Gasteiger charge is 2.11. The van der Waals surface area contributed by atoms with Crippen molar-refractivity contribution < 1.29 is 4.39 Å². The van der Waals surface area contributed by atoms with E-state index in [1.165, 1.54) is 10.9 Å².